The Morgan fingerprint density at radius 3 is 2.55 bits per heavy atom. The Bertz CT molecular complexity index is 779. The van der Waals surface area contributed by atoms with Crippen molar-refractivity contribution in [1.29, 1.82) is 0 Å². The van der Waals surface area contributed by atoms with Crippen LogP contribution in [0.4, 0.5) is 0 Å². The molecule has 8 heteroatoms. The minimum atomic E-state index is -0.612. The maximum Gasteiger partial charge on any atom is 0.258 e. The van der Waals surface area contributed by atoms with Crippen LogP contribution in [0.25, 0.3) is 0 Å². The van der Waals surface area contributed by atoms with Gasteiger partial charge in [0.1, 0.15) is 17.8 Å². The van der Waals surface area contributed by atoms with Gasteiger partial charge in [0.15, 0.2) is 0 Å². The number of benzene rings is 1. The van der Waals surface area contributed by atoms with E-state index in [9.17, 15) is 14.4 Å². The number of halogens is 1. The van der Waals surface area contributed by atoms with E-state index in [1.165, 1.54) is 7.11 Å². The highest BCUT2D eigenvalue weighted by Gasteiger charge is 2.37. The average molecular weight is 422 g/mol. The summed E-state index contributed by atoms with van der Waals surface area (Å²) in [7, 11) is 1.49. The molecule has 7 nitrogen and oxygen atoms in total. The number of nitrogens with zero attached hydrogens (tertiary/aromatic N) is 2. The first kappa shape index (κ1) is 21.4. The summed E-state index contributed by atoms with van der Waals surface area (Å²) in [6.45, 7) is 3.65. The van der Waals surface area contributed by atoms with Gasteiger partial charge in [0.05, 0.1) is 12.7 Å². The molecule has 3 rings (SSSR count). The predicted octanol–water partition coefficient (Wildman–Crippen LogP) is 2.47. The Labute approximate surface area is 176 Å². The predicted molar refractivity (Wildman–Crippen MR) is 110 cm³/mol. The zero-order valence-electron chi connectivity index (χ0n) is 16.9. The quantitative estimate of drug-likeness (QED) is 0.792. The molecule has 0 aromatic heterocycles. The number of carbonyl (C=O) groups excluding carboxylic acids is 3. The smallest absolute Gasteiger partial charge is 0.258 e. The lowest BCUT2D eigenvalue weighted by atomic mass is 10.1. The Hall–Kier alpha value is -2.28. The van der Waals surface area contributed by atoms with Crippen molar-refractivity contribution in [2.24, 2.45) is 0 Å². The van der Waals surface area contributed by atoms with Crippen LogP contribution in [0, 0.1) is 0 Å². The fourth-order valence-electron chi connectivity index (χ4n) is 4.04. The third-order valence-corrected chi connectivity index (χ3v) is 5.84. The molecule has 1 aromatic carbocycles. The topological polar surface area (TPSA) is 79.0 Å². The minimum absolute atomic E-state index is 0.0644. The van der Waals surface area contributed by atoms with Crippen molar-refractivity contribution in [3.8, 4) is 5.75 Å². The van der Waals surface area contributed by atoms with Gasteiger partial charge >= 0.3 is 0 Å². The molecule has 0 spiro atoms. The van der Waals surface area contributed by atoms with Gasteiger partial charge < -0.3 is 19.9 Å². The summed E-state index contributed by atoms with van der Waals surface area (Å²) in [5.74, 6) is -0.240. The molecule has 2 aliphatic heterocycles. The first-order chi connectivity index (χ1) is 13.9. The van der Waals surface area contributed by atoms with Gasteiger partial charge in [-0.15, -0.1) is 0 Å². The lowest BCUT2D eigenvalue weighted by Crippen LogP contribution is -2.53. The van der Waals surface area contributed by atoms with E-state index in [1.807, 2.05) is 4.90 Å². The number of amides is 3. The highest BCUT2D eigenvalue weighted by atomic mass is 35.5. The SMILES string of the molecule is COc1ccc(Cl)cc1C(=O)N1CCC[C@H]1C(=O)N[C@@H](C)C(=O)N1CCCCC1. The first-order valence-corrected chi connectivity index (χ1v) is 10.5. The number of nitrogens with one attached hydrogen (secondary N) is 1. The Balaban J connectivity index is 1.68. The lowest BCUT2D eigenvalue weighted by molar-refractivity contribution is -0.137. The fraction of sp³-hybridized carbons (Fsp3) is 0.571. The molecule has 2 heterocycles. The van der Waals surface area contributed by atoms with Gasteiger partial charge in [-0.05, 0) is 57.2 Å². The summed E-state index contributed by atoms with van der Waals surface area (Å²) in [4.78, 5) is 41.9. The van der Waals surface area contributed by atoms with Gasteiger partial charge in [0, 0.05) is 24.7 Å². The lowest BCUT2D eigenvalue weighted by Gasteiger charge is -2.30. The monoisotopic (exact) mass is 421 g/mol. The zero-order valence-corrected chi connectivity index (χ0v) is 17.7. The number of carbonyl (C=O) groups is 3. The Morgan fingerprint density at radius 1 is 1.14 bits per heavy atom. The van der Waals surface area contributed by atoms with Crippen molar-refractivity contribution in [1.82, 2.24) is 15.1 Å². The van der Waals surface area contributed by atoms with E-state index in [2.05, 4.69) is 5.32 Å². The van der Waals surface area contributed by atoms with E-state index in [0.29, 0.717) is 29.3 Å². The second-order valence-corrected chi connectivity index (χ2v) is 8.05. The average Bonchev–Trinajstić information content (AvgIpc) is 3.23. The summed E-state index contributed by atoms with van der Waals surface area (Å²) in [5, 5.41) is 3.24. The third kappa shape index (κ3) is 4.83. The van der Waals surface area contributed by atoms with Crippen LogP contribution in [0.1, 0.15) is 49.4 Å². The fourth-order valence-corrected chi connectivity index (χ4v) is 4.22. The zero-order chi connectivity index (χ0) is 21.0. The Kier molecular flexibility index (Phi) is 7.00. The summed E-state index contributed by atoms with van der Waals surface area (Å²) in [6, 6.07) is 3.62. The molecule has 0 aliphatic carbocycles. The molecule has 2 atom stereocenters. The number of hydrogen-bond donors (Lipinski definition) is 1. The number of methoxy groups -OCH3 is 1. The van der Waals surface area contributed by atoms with Crippen molar-refractivity contribution in [2.75, 3.05) is 26.7 Å². The maximum atomic E-state index is 13.1. The van der Waals surface area contributed by atoms with Crippen molar-refractivity contribution in [3.05, 3.63) is 28.8 Å². The highest BCUT2D eigenvalue weighted by molar-refractivity contribution is 6.31. The number of ether oxygens (including phenoxy) is 1. The molecule has 2 aliphatic rings. The molecule has 0 radical (unpaired) electrons. The standard InChI is InChI=1S/C21H28ClN3O4/c1-14(20(27)24-10-4-3-5-11-24)23-19(26)17-7-6-12-25(17)21(28)16-13-15(22)8-9-18(16)29-2/h8-9,13-14,17H,3-7,10-12H2,1-2H3,(H,23,26)/t14-,17-/m0/s1. The third-order valence-electron chi connectivity index (χ3n) is 5.61. The molecule has 0 unspecified atom stereocenters. The molecular formula is C21H28ClN3O4. The summed E-state index contributed by atoms with van der Waals surface area (Å²) >= 11 is 6.05. The number of rotatable bonds is 5. The maximum absolute atomic E-state index is 13.1. The van der Waals surface area contributed by atoms with Gasteiger partial charge in [-0.3, -0.25) is 14.4 Å². The van der Waals surface area contributed by atoms with E-state index in [-0.39, 0.29) is 17.7 Å². The summed E-state index contributed by atoms with van der Waals surface area (Å²) in [6.07, 6.45) is 4.42. The largest absolute Gasteiger partial charge is 0.496 e. The van der Waals surface area contributed by atoms with Gasteiger partial charge in [-0.2, -0.15) is 0 Å². The minimum Gasteiger partial charge on any atom is -0.496 e. The van der Waals surface area contributed by atoms with Crippen LogP contribution in [0.3, 0.4) is 0 Å². The highest BCUT2D eigenvalue weighted by Crippen LogP contribution is 2.27. The van der Waals surface area contributed by atoms with Crippen LogP contribution in [0.5, 0.6) is 5.75 Å². The van der Waals surface area contributed by atoms with Crippen LogP contribution >= 0.6 is 11.6 Å². The Morgan fingerprint density at radius 2 is 1.86 bits per heavy atom. The first-order valence-electron chi connectivity index (χ1n) is 10.2. The van der Waals surface area contributed by atoms with Gasteiger partial charge in [0.2, 0.25) is 11.8 Å². The van der Waals surface area contributed by atoms with E-state index in [4.69, 9.17) is 16.3 Å². The second kappa shape index (κ2) is 9.48. The van der Waals surface area contributed by atoms with Gasteiger partial charge in [0.25, 0.3) is 5.91 Å². The number of hydrogen-bond acceptors (Lipinski definition) is 4. The van der Waals surface area contributed by atoms with E-state index >= 15 is 0 Å². The van der Waals surface area contributed by atoms with Crippen LogP contribution in [0.15, 0.2) is 18.2 Å². The molecule has 3 amide bonds. The summed E-state index contributed by atoms with van der Waals surface area (Å²) in [5.41, 5.74) is 0.331. The summed E-state index contributed by atoms with van der Waals surface area (Å²) < 4.78 is 5.28. The number of piperidine rings is 1. The van der Waals surface area contributed by atoms with Gasteiger partial charge in [-0.25, -0.2) is 0 Å². The van der Waals surface area contributed by atoms with E-state index in [0.717, 1.165) is 38.8 Å². The van der Waals surface area contributed by atoms with E-state index in [1.54, 1.807) is 30.0 Å². The van der Waals surface area contributed by atoms with Crippen molar-refractivity contribution >= 4 is 29.3 Å². The van der Waals surface area contributed by atoms with Gasteiger partial charge in [-0.1, -0.05) is 11.6 Å². The molecule has 2 fully saturated rings. The van der Waals surface area contributed by atoms with Crippen molar-refractivity contribution in [2.45, 2.75) is 51.1 Å². The molecule has 2 saturated heterocycles. The molecule has 29 heavy (non-hydrogen) atoms. The molecular weight excluding hydrogens is 394 g/mol. The molecule has 0 saturated carbocycles. The molecule has 1 aromatic rings. The number of likely N-dealkylation sites (tertiary alicyclic amines) is 2. The normalized spacial score (nSPS) is 20.3. The molecule has 158 valence electrons. The van der Waals surface area contributed by atoms with Crippen LogP contribution < -0.4 is 10.1 Å². The second-order valence-electron chi connectivity index (χ2n) is 7.62. The van der Waals surface area contributed by atoms with E-state index < -0.39 is 12.1 Å². The van der Waals surface area contributed by atoms with Crippen LogP contribution in [-0.2, 0) is 9.59 Å². The van der Waals surface area contributed by atoms with Crippen LogP contribution in [-0.4, -0.2) is 66.3 Å². The molecule has 0 bridgehead atoms. The van der Waals surface area contributed by atoms with Crippen molar-refractivity contribution < 1.29 is 19.1 Å². The van der Waals surface area contributed by atoms with Crippen molar-refractivity contribution in [3.63, 3.8) is 0 Å². The van der Waals surface area contributed by atoms with Crippen LogP contribution in [0.2, 0.25) is 5.02 Å². The molecule has 1 N–H and O–H groups in total.